The van der Waals surface area contributed by atoms with Crippen LogP contribution in [0.25, 0.3) is 0 Å². The molecule has 0 spiro atoms. The molecule has 0 aromatic carbocycles. The molecule has 0 unspecified atom stereocenters. The predicted octanol–water partition coefficient (Wildman–Crippen LogP) is 1.20. The van der Waals surface area contributed by atoms with Crippen molar-refractivity contribution in [3.8, 4) is 5.75 Å². The van der Waals surface area contributed by atoms with Crippen LogP contribution in [0.4, 0.5) is 0 Å². The second-order valence-corrected chi connectivity index (χ2v) is 3.10. The summed E-state index contributed by atoms with van der Waals surface area (Å²) in [6.45, 7) is 3.91. The molecule has 0 fully saturated rings. The summed E-state index contributed by atoms with van der Waals surface area (Å²) in [7, 11) is 1.49. The largest absolute Gasteiger partial charge is 0.494 e. The Bertz CT molecular complexity index is 373. The molecule has 0 radical (unpaired) electrons. The van der Waals surface area contributed by atoms with Gasteiger partial charge in [0, 0.05) is 0 Å². The van der Waals surface area contributed by atoms with E-state index in [4.69, 9.17) is 4.74 Å². The van der Waals surface area contributed by atoms with Crippen molar-refractivity contribution in [2.75, 3.05) is 7.11 Å². The average molecular weight is 245 g/mol. The Labute approximate surface area is 84.0 Å². The van der Waals surface area contributed by atoms with E-state index >= 15 is 0 Å². The van der Waals surface area contributed by atoms with Crippen LogP contribution in [-0.2, 0) is 6.54 Å². The van der Waals surface area contributed by atoms with E-state index in [0.29, 0.717) is 16.8 Å². The van der Waals surface area contributed by atoms with Crippen molar-refractivity contribution in [2.24, 2.45) is 0 Å². The summed E-state index contributed by atoms with van der Waals surface area (Å²) in [5.41, 5.74) is -0.223. The Hall–Kier alpha value is -1.10. The first-order chi connectivity index (χ1) is 6.20. The SMILES string of the molecule is C=CCn1ncc(OC)c(Br)c1=O. The maximum absolute atomic E-state index is 11.5. The van der Waals surface area contributed by atoms with Crippen molar-refractivity contribution in [3.63, 3.8) is 0 Å². The third-order valence-corrected chi connectivity index (χ3v) is 2.20. The number of aromatic nitrogens is 2. The van der Waals surface area contributed by atoms with Crippen LogP contribution in [0.15, 0.2) is 28.1 Å². The Morgan fingerprint density at radius 1 is 1.85 bits per heavy atom. The maximum Gasteiger partial charge on any atom is 0.285 e. The van der Waals surface area contributed by atoms with E-state index in [9.17, 15) is 4.79 Å². The third kappa shape index (κ3) is 1.98. The number of halogens is 1. The topological polar surface area (TPSA) is 44.1 Å². The van der Waals surface area contributed by atoms with E-state index in [1.54, 1.807) is 6.08 Å². The lowest BCUT2D eigenvalue weighted by atomic mass is 10.5. The Balaban J connectivity index is 3.23. The van der Waals surface area contributed by atoms with Gasteiger partial charge in [0.2, 0.25) is 0 Å². The Morgan fingerprint density at radius 2 is 2.54 bits per heavy atom. The summed E-state index contributed by atoms with van der Waals surface area (Å²) in [6.07, 6.45) is 3.09. The molecule has 70 valence electrons. The van der Waals surface area contributed by atoms with Gasteiger partial charge < -0.3 is 4.74 Å². The van der Waals surface area contributed by atoms with Crippen LogP contribution in [-0.4, -0.2) is 16.9 Å². The molecule has 1 heterocycles. The first-order valence-electron chi connectivity index (χ1n) is 3.61. The van der Waals surface area contributed by atoms with E-state index < -0.39 is 0 Å². The second kappa shape index (κ2) is 4.23. The molecule has 0 aliphatic heterocycles. The van der Waals surface area contributed by atoms with Gasteiger partial charge >= 0.3 is 0 Å². The first kappa shape index (κ1) is 9.98. The predicted molar refractivity (Wildman–Crippen MR) is 52.9 cm³/mol. The summed E-state index contributed by atoms with van der Waals surface area (Å²) in [5.74, 6) is 0.435. The van der Waals surface area contributed by atoms with Crippen LogP contribution in [0.2, 0.25) is 0 Å². The molecule has 13 heavy (non-hydrogen) atoms. The number of allylic oxidation sites excluding steroid dienone is 1. The lowest BCUT2D eigenvalue weighted by Crippen LogP contribution is -2.22. The molecule has 1 aromatic rings. The zero-order chi connectivity index (χ0) is 9.84. The number of hydrogen-bond acceptors (Lipinski definition) is 3. The molecule has 0 N–H and O–H groups in total. The van der Waals surface area contributed by atoms with Crippen molar-refractivity contribution in [3.05, 3.63) is 33.7 Å². The van der Waals surface area contributed by atoms with Gasteiger partial charge in [0.25, 0.3) is 5.56 Å². The summed E-state index contributed by atoms with van der Waals surface area (Å²) >= 11 is 3.13. The molecule has 0 saturated carbocycles. The minimum Gasteiger partial charge on any atom is -0.494 e. The summed E-state index contributed by atoms with van der Waals surface area (Å²) < 4.78 is 6.58. The van der Waals surface area contributed by atoms with Gasteiger partial charge in [-0.25, -0.2) is 4.68 Å². The molecule has 4 nitrogen and oxygen atoms in total. The van der Waals surface area contributed by atoms with Gasteiger partial charge in [-0.15, -0.1) is 6.58 Å². The normalized spacial score (nSPS) is 9.69. The lowest BCUT2D eigenvalue weighted by Gasteiger charge is -2.04. The third-order valence-electron chi connectivity index (χ3n) is 1.47. The monoisotopic (exact) mass is 244 g/mol. The number of rotatable bonds is 3. The standard InChI is InChI=1S/C8H9BrN2O2/c1-3-4-11-8(12)7(9)6(13-2)5-10-11/h3,5H,1,4H2,2H3. The smallest absolute Gasteiger partial charge is 0.285 e. The number of nitrogens with zero attached hydrogens (tertiary/aromatic N) is 2. The van der Waals surface area contributed by atoms with Crippen molar-refractivity contribution in [1.82, 2.24) is 9.78 Å². The molecule has 1 aromatic heterocycles. The highest BCUT2D eigenvalue weighted by Gasteiger charge is 2.07. The van der Waals surface area contributed by atoms with Crippen molar-refractivity contribution >= 4 is 15.9 Å². The molecular weight excluding hydrogens is 236 g/mol. The molecule has 0 amide bonds. The molecule has 0 bridgehead atoms. The fraction of sp³-hybridized carbons (Fsp3) is 0.250. The molecule has 0 aliphatic carbocycles. The van der Waals surface area contributed by atoms with Crippen LogP contribution in [0, 0.1) is 0 Å². The lowest BCUT2D eigenvalue weighted by molar-refractivity contribution is 0.404. The van der Waals surface area contributed by atoms with Crippen LogP contribution >= 0.6 is 15.9 Å². The highest BCUT2D eigenvalue weighted by molar-refractivity contribution is 9.10. The van der Waals surface area contributed by atoms with Gasteiger partial charge in [0.15, 0.2) is 5.75 Å². The van der Waals surface area contributed by atoms with Gasteiger partial charge in [-0.2, -0.15) is 5.10 Å². The molecule has 0 saturated heterocycles. The van der Waals surface area contributed by atoms with E-state index in [0.717, 1.165) is 0 Å². The molecule has 5 heteroatoms. The average Bonchev–Trinajstić information content (AvgIpc) is 2.14. The first-order valence-corrected chi connectivity index (χ1v) is 4.40. The number of methoxy groups -OCH3 is 1. The van der Waals surface area contributed by atoms with E-state index in [2.05, 4.69) is 27.6 Å². The number of ether oxygens (including phenoxy) is 1. The molecule has 0 atom stereocenters. The highest BCUT2D eigenvalue weighted by atomic mass is 79.9. The maximum atomic E-state index is 11.5. The summed E-state index contributed by atoms with van der Waals surface area (Å²) in [5, 5.41) is 3.88. The second-order valence-electron chi connectivity index (χ2n) is 2.30. The summed E-state index contributed by atoms with van der Waals surface area (Å²) in [6, 6.07) is 0. The van der Waals surface area contributed by atoms with Crippen molar-refractivity contribution < 1.29 is 4.74 Å². The van der Waals surface area contributed by atoms with Gasteiger partial charge in [0.1, 0.15) is 4.47 Å². The zero-order valence-electron chi connectivity index (χ0n) is 7.16. The minimum atomic E-state index is -0.223. The van der Waals surface area contributed by atoms with Crippen LogP contribution in [0.5, 0.6) is 5.75 Å². The van der Waals surface area contributed by atoms with Crippen molar-refractivity contribution in [2.45, 2.75) is 6.54 Å². The van der Waals surface area contributed by atoms with Gasteiger partial charge in [0.05, 0.1) is 19.9 Å². The van der Waals surface area contributed by atoms with Crippen molar-refractivity contribution in [1.29, 1.82) is 0 Å². The Morgan fingerprint density at radius 3 is 3.08 bits per heavy atom. The van der Waals surface area contributed by atoms with Crippen LogP contribution < -0.4 is 10.3 Å². The quantitative estimate of drug-likeness (QED) is 0.751. The minimum absolute atomic E-state index is 0.223. The molecule has 0 aliphatic rings. The Kier molecular flexibility index (Phi) is 3.25. The van der Waals surface area contributed by atoms with E-state index in [1.807, 2.05) is 0 Å². The summed E-state index contributed by atoms with van der Waals surface area (Å²) in [4.78, 5) is 11.5. The number of hydrogen-bond donors (Lipinski definition) is 0. The zero-order valence-corrected chi connectivity index (χ0v) is 8.74. The fourth-order valence-corrected chi connectivity index (χ4v) is 1.31. The van der Waals surface area contributed by atoms with Crippen LogP contribution in [0.1, 0.15) is 0 Å². The molecule has 1 rings (SSSR count). The van der Waals surface area contributed by atoms with Gasteiger partial charge in [-0.1, -0.05) is 6.08 Å². The van der Waals surface area contributed by atoms with Gasteiger partial charge in [-0.3, -0.25) is 4.79 Å². The van der Waals surface area contributed by atoms with E-state index in [-0.39, 0.29) is 5.56 Å². The fourth-order valence-electron chi connectivity index (χ4n) is 0.845. The van der Waals surface area contributed by atoms with Gasteiger partial charge in [-0.05, 0) is 15.9 Å². The highest BCUT2D eigenvalue weighted by Crippen LogP contribution is 2.17. The molecular formula is C8H9BrN2O2. The van der Waals surface area contributed by atoms with Crippen LogP contribution in [0.3, 0.4) is 0 Å². The van der Waals surface area contributed by atoms with E-state index in [1.165, 1.54) is 18.0 Å².